The van der Waals surface area contributed by atoms with Crippen LogP contribution >= 0.6 is 0 Å². The molecule has 2 aliphatic heterocycles. The van der Waals surface area contributed by atoms with Gasteiger partial charge in [0.25, 0.3) is 0 Å². The second-order valence-corrected chi connectivity index (χ2v) is 7.17. The first-order valence-corrected chi connectivity index (χ1v) is 7.99. The average Bonchev–Trinajstić information content (AvgIpc) is 2.62. The highest BCUT2D eigenvalue weighted by atomic mass is 32.2. The third-order valence-corrected chi connectivity index (χ3v) is 5.88. The van der Waals surface area contributed by atoms with E-state index >= 15 is 0 Å². The molecule has 2 aliphatic rings. The molecule has 2 atom stereocenters. The second-order valence-electron chi connectivity index (χ2n) is 5.28. The number of fused-ring (bicyclic) bond motifs is 2. The first-order valence-electron chi connectivity index (χ1n) is 6.55. The number of rotatable bonds is 2. The summed E-state index contributed by atoms with van der Waals surface area (Å²) < 4.78 is 39.9. The van der Waals surface area contributed by atoms with Crippen molar-refractivity contribution >= 4 is 10.0 Å². The van der Waals surface area contributed by atoms with Crippen molar-refractivity contribution in [3.63, 3.8) is 0 Å². The number of hydrogen-bond acceptors (Lipinski definition) is 3. The Balaban J connectivity index is 1.93. The highest BCUT2D eigenvalue weighted by Crippen LogP contribution is 2.32. The average molecular weight is 284 g/mol. The van der Waals surface area contributed by atoms with Crippen LogP contribution in [0.3, 0.4) is 0 Å². The van der Waals surface area contributed by atoms with Gasteiger partial charge < -0.3 is 5.32 Å². The van der Waals surface area contributed by atoms with Crippen LogP contribution in [0, 0.1) is 11.7 Å². The predicted octanol–water partition coefficient (Wildman–Crippen LogP) is 1.20. The van der Waals surface area contributed by atoms with Crippen LogP contribution in [-0.2, 0) is 10.0 Å². The highest BCUT2D eigenvalue weighted by molar-refractivity contribution is 7.89. The summed E-state index contributed by atoms with van der Waals surface area (Å²) in [6.45, 7) is 2.20. The van der Waals surface area contributed by atoms with Crippen LogP contribution in [-0.4, -0.2) is 38.4 Å². The second kappa shape index (κ2) is 4.85. The molecule has 0 radical (unpaired) electrons. The van der Waals surface area contributed by atoms with E-state index in [-0.39, 0.29) is 10.9 Å². The molecule has 4 nitrogen and oxygen atoms in total. The summed E-state index contributed by atoms with van der Waals surface area (Å²) in [5, 5.41) is 3.26. The van der Waals surface area contributed by atoms with E-state index in [4.69, 9.17) is 0 Å². The Morgan fingerprint density at radius 2 is 2.21 bits per heavy atom. The lowest BCUT2D eigenvalue weighted by Crippen LogP contribution is -2.42. The van der Waals surface area contributed by atoms with Gasteiger partial charge in [-0.25, -0.2) is 12.8 Å². The quantitative estimate of drug-likeness (QED) is 0.888. The molecule has 2 fully saturated rings. The molecule has 2 bridgehead atoms. The van der Waals surface area contributed by atoms with Crippen LogP contribution in [0.1, 0.15) is 12.8 Å². The summed E-state index contributed by atoms with van der Waals surface area (Å²) in [5.74, 6) is -0.0954. The molecule has 2 unspecified atom stereocenters. The summed E-state index contributed by atoms with van der Waals surface area (Å²) in [5.41, 5.74) is 0. The van der Waals surface area contributed by atoms with Crippen LogP contribution in [0.2, 0.25) is 0 Å². The molecule has 1 aromatic carbocycles. The van der Waals surface area contributed by atoms with Crippen molar-refractivity contribution in [3.8, 4) is 0 Å². The lowest BCUT2D eigenvalue weighted by atomic mass is 10.0. The molecule has 0 saturated carbocycles. The third kappa shape index (κ3) is 2.40. The summed E-state index contributed by atoms with van der Waals surface area (Å²) >= 11 is 0. The summed E-state index contributed by atoms with van der Waals surface area (Å²) in [7, 11) is -3.58. The maximum Gasteiger partial charge on any atom is 0.243 e. The minimum Gasteiger partial charge on any atom is -0.315 e. The predicted molar refractivity (Wildman–Crippen MR) is 69.7 cm³/mol. The molecule has 3 rings (SSSR count). The third-order valence-electron chi connectivity index (χ3n) is 3.96. The first kappa shape index (κ1) is 13.0. The van der Waals surface area contributed by atoms with E-state index in [1.54, 1.807) is 4.31 Å². The Labute approximate surface area is 112 Å². The normalized spacial score (nSPS) is 28.3. The topological polar surface area (TPSA) is 49.4 Å². The zero-order valence-electron chi connectivity index (χ0n) is 10.5. The van der Waals surface area contributed by atoms with Gasteiger partial charge in [-0.3, -0.25) is 0 Å². The van der Waals surface area contributed by atoms with Gasteiger partial charge in [0.15, 0.2) is 0 Å². The van der Waals surface area contributed by atoms with Gasteiger partial charge in [-0.15, -0.1) is 0 Å². The molecule has 2 heterocycles. The van der Waals surface area contributed by atoms with Crippen molar-refractivity contribution in [2.45, 2.75) is 23.8 Å². The Morgan fingerprint density at radius 1 is 1.37 bits per heavy atom. The minimum absolute atomic E-state index is 0.000711. The van der Waals surface area contributed by atoms with Gasteiger partial charge >= 0.3 is 0 Å². The first-order chi connectivity index (χ1) is 9.07. The zero-order chi connectivity index (χ0) is 13.5. The number of hydrogen-bond donors (Lipinski definition) is 1. The van der Waals surface area contributed by atoms with E-state index < -0.39 is 15.8 Å². The van der Waals surface area contributed by atoms with Gasteiger partial charge in [-0.05, 0) is 43.5 Å². The van der Waals surface area contributed by atoms with Gasteiger partial charge in [-0.2, -0.15) is 4.31 Å². The molecule has 19 heavy (non-hydrogen) atoms. The van der Waals surface area contributed by atoms with E-state index in [0.29, 0.717) is 19.0 Å². The van der Waals surface area contributed by atoms with Crippen LogP contribution in [0.4, 0.5) is 4.39 Å². The fourth-order valence-corrected chi connectivity index (χ4v) is 4.75. The van der Waals surface area contributed by atoms with E-state index in [2.05, 4.69) is 5.32 Å². The van der Waals surface area contributed by atoms with Crippen molar-refractivity contribution in [1.82, 2.24) is 9.62 Å². The smallest absolute Gasteiger partial charge is 0.243 e. The molecule has 1 aromatic rings. The van der Waals surface area contributed by atoms with Crippen LogP contribution in [0.5, 0.6) is 0 Å². The molecular weight excluding hydrogens is 267 g/mol. The summed E-state index contributed by atoms with van der Waals surface area (Å²) in [4.78, 5) is 0.0544. The SMILES string of the molecule is O=S(=O)(c1cccc(F)c1)N1CC2CCNCC1C2. The minimum atomic E-state index is -3.58. The maximum atomic E-state index is 13.2. The van der Waals surface area contributed by atoms with Crippen LogP contribution < -0.4 is 5.32 Å². The van der Waals surface area contributed by atoms with Crippen molar-refractivity contribution in [1.29, 1.82) is 0 Å². The van der Waals surface area contributed by atoms with E-state index in [1.165, 1.54) is 18.2 Å². The Morgan fingerprint density at radius 3 is 3.00 bits per heavy atom. The maximum absolute atomic E-state index is 13.2. The molecule has 0 aromatic heterocycles. The van der Waals surface area contributed by atoms with Gasteiger partial charge in [0.05, 0.1) is 4.90 Å². The molecule has 2 saturated heterocycles. The van der Waals surface area contributed by atoms with Crippen LogP contribution in [0.15, 0.2) is 29.2 Å². The van der Waals surface area contributed by atoms with E-state index in [9.17, 15) is 12.8 Å². The van der Waals surface area contributed by atoms with Crippen molar-refractivity contribution in [2.24, 2.45) is 5.92 Å². The number of sulfonamides is 1. The molecule has 0 amide bonds. The molecular formula is C13H17FN2O2S. The number of nitrogens with one attached hydrogen (secondary N) is 1. The Kier molecular flexibility index (Phi) is 3.32. The van der Waals surface area contributed by atoms with E-state index in [0.717, 1.165) is 25.5 Å². The summed E-state index contributed by atoms with van der Waals surface area (Å²) in [6.07, 6.45) is 1.91. The molecule has 0 spiro atoms. The Bertz CT molecular complexity index is 576. The molecule has 0 aliphatic carbocycles. The highest BCUT2D eigenvalue weighted by Gasteiger charge is 2.40. The summed E-state index contributed by atoms with van der Waals surface area (Å²) in [6, 6.07) is 5.25. The molecule has 104 valence electrons. The fraction of sp³-hybridized carbons (Fsp3) is 0.538. The number of nitrogens with zero attached hydrogens (tertiary/aromatic N) is 1. The van der Waals surface area contributed by atoms with Crippen molar-refractivity contribution < 1.29 is 12.8 Å². The van der Waals surface area contributed by atoms with Gasteiger partial charge in [0, 0.05) is 19.1 Å². The zero-order valence-corrected chi connectivity index (χ0v) is 11.4. The van der Waals surface area contributed by atoms with E-state index in [1.807, 2.05) is 0 Å². The monoisotopic (exact) mass is 284 g/mol. The fourth-order valence-electron chi connectivity index (χ4n) is 3.01. The number of benzene rings is 1. The van der Waals surface area contributed by atoms with Gasteiger partial charge in [0.1, 0.15) is 5.82 Å². The van der Waals surface area contributed by atoms with Crippen molar-refractivity contribution in [3.05, 3.63) is 30.1 Å². The number of halogens is 1. The lowest BCUT2D eigenvalue weighted by Gasteiger charge is -2.25. The van der Waals surface area contributed by atoms with Gasteiger partial charge in [0.2, 0.25) is 10.0 Å². The Hall–Kier alpha value is -0.980. The molecule has 6 heteroatoms. The standard InChI is InChI=1S/C13H17FN2O2S/c14-11-2-1-3-13(7-11)19(17,18)16-9-10-4-5-15-8-12(16)6-10/h1-3,7,10,12,15H,4-6,8-9H2. The largest absolute Gasteiger partial charge is 0.315 e. The lowest BCUT2D eigenvalue weighted by molar-refractivity contribution is 0.358. The van der Waals surface area contributed by atoms with Crippen molar-refractivity contribution in [2.75, 3.05) is 19.6 Å². The molecule has 1 N–H and O–H groups in total. The van der Waals surface area contributed by atoms with Crippen LogP contribution in [0.25, 0.3) is 0 Å². The van der Waals surface area contributed by atoms with Gasteiger partial charge in [-0.1, -0.05) is 6.07 Å².